The van der Waals surface area contributed by atoms with Crippen molar-refractivity contribution in [2.45, 2.75) is 134 Å². The van der Waals surface area contributed by atoms with Gasteiger partial charge in [-0.15, -0.1) is 0 Å². The van der Waals surface area contributed by atoms with Crippen LogP contribution in [0.25, 0.3) is 0 Å². The van der Waals surface area contributed by atoms with Crippen LogP contribution in [0.4, 0.5) is 4.79 Å². The first-order chi connectivity index (χ1) is 21.4. The minimum Gasteiger partial charge on any atom is -0.393 e. The Labute approximate surface area is 271 Å². The molecular weight excluding hydrogens is 584 g/mol. The molecule has 5 aliphatic carbocycles. The number of sulfonamides is 1. The second kappa shape index (κ2) is 12.8. The molecule has 0 aromatic heterocycles. The van der Waals surface area contributed by atoms with Gasteiger partial charge in [0.15, 0.2) is 0 Å². The fraction of sp³-hybridized carbons (Fsp3) is 0.811. The second-order valence-corrected chi connectivity index (χ2v) is 18.0. The Bertz CT molecular complexity index is 1310. The van der Waals surface area contributed by atoms with Crippen molar-refractivity contribution >= 4 is 16.1 Å². The van der Waals surface area contributed by atoms with E-state index in [4.69, 9.17) is 0 Å². The van der Waals surface area contributed by atoms with E-state index in [1.807, 2.05) is 12.1 Å². The highest BCUT2D eigenvalue weighted by molar-refractivity contribution is 7.90. The van der Waals surface area contributed by atoms with E-state index < -0.39 is 16.1 Å². The molecule has 3 unspecified atom stereocenters. The number of fused-ring (bicyclic) bond motifs is 5. The number of carbonyl (C=O) groups excluding carboxylic acids is 1. The van der Waals surface area contributed by atoms with Crippen molar-refractivity contribution in [2.24, 2.45) is 52.3 Å². The Kier molecular flexibility index (Phi) is 9.43. The fourth-order valence-electron chi connectivity index (χ4n) is 11.9. The number of benzene rings is 1. The van der Waals surface area contributed by atoms with Crippen LogP contribution in [-0.4, -0.2) is 43.4 Å². The number of carbonyl (C=O) groups is 1. The van der Waals surface area contributed by atoms with Crippen LogP contribution < -0.4 is 10.0 Å². The zero-order valence-electron chi connectivity index (χ0n) is 28.0. The molecule has 6 rings (SSSR count). The third-order valence-electron chi connectivity index (χ3n) is 14.2. The van der Waals surface area contributed by atoms with Crippen molar-refractivity contribution in [1.82, 2.24) is 10.0 Å². The second-order valence-electron chi connectivity index (χ2n) is 16.3. The average Bonchev–Trinajstić information content (AvgIpc) is 3.38. The summed E-state index contributed by atoms with van der Waals surface area (Å²) in [5.74, 6) is 2.94. The summed E-state index contributed by atoms with van der Waals surface area (Å²) in [7, 11) is -3.96. The van der Waals surface area contributed by atoms with E-state index in [0.717, 1.165) is 64.2 Å². The lowest BCUT2D eigenvalue weighted by atomic mass is 9.41. The van der Waals surface area contributed by atoms with E-state index in [2.05, 4.69) is 37.7 Å². The maximum atomic E-state index is 13.0. The minimum absolute atomic E-state index is 0.0849. The molecule has 2 amide bonds. The molecule has 4 N–H and O–H groups in total. The molecule has 0 heterocycles. The highest BCUT2D eigenvalue weighted by Crippen LogP contribution is 2.69. The SMILES string of the molecule is CC[C@@H]1C2C[C@H](O)CC[C@@]2(C)[C@H]2CCC3(C)[C@@H]([C@H](C)CNC(=O)NS(=O)(=O)c4ccc(C5CCCCC5)cc4)CC[C@H]3C2[C@@H]1O. The molecule has 5 saturated carbocycles. The van der Waals surface area contributed by atoms with E-state index >= 15 is 0 Å². The standard InChI is InChI=1S/C37H58N2O5S/c1-5-28-32-21-26(40)17-19-37(32,4)31-18-20-36(3)29(15-16-30(36)33(31)34(28)41)23(2)22-38-35(42)39-45(43,44)27-13-11-25(12-14-27)24-9-7-6-8-10-24/h11-14,23-24,26,28-34,40-41H,5-10,15-22H2,1-4H3,(H2,38,39,42)/t23-,26-,28-,29-,30+,31+,32?,33?,34-,36?,37+/m1/s1. The van der Waals surface area contributed by atoms with Gasteiger partial charge in [0.25, 0.3) is 10.0 Å². The summed E-state index contributed by atoms with van der Waals surface area (Å²) in [5, 5.41) is 25.4. The number of aliphatic hydroxyl groups is 2. The third-order valence-corrected chi connectivity index (χ3v) is 15.6. The number of aliphatic hydroxyl groups excluding tert-OH is 2. The van der Waals surface area contributed by atoms with E-state index in [1.165, 1.54) is 24.8 Å². The molecule has 5 fully saturated rings. The first kappa shape index (κ1) is 33.3. The number of amides is 2. The average molecular weight is 643 g/mol. The molecule has 11 atom stereocenters. The molecule has 8 heteroatoms. The smallest absolute Gasteiger partial charge is 0.328 e. The van der Waals surface area contributed by atoms with Crippen LogP contribution >= 0.6 is 0 Å². The van der Waals surface area contributed by atoms with Gasteiger partial charge in [0.05, 0.1) is 17.1 Å². The number of urea groups is 1. The van der Waals surface area contributed by atoms with Crippen LogP contribution in [0.15, 0.2) is 29.2 Å². The summed E-state index contributed by atoms with van der Waals surface area (Å²) >= 11 is 0. The van der Waals surface area contributed by atoms with Crippen molar-refractivity contribution in [3.05, 3.63) is 29.8 Å². The van der Waals surface area contributed by atoms with Gasteiger partial charge in [0, 0.05) is 6.54 Å². The van der Waals surface area contributed by atoms with Gasteiger partial charge < -0.3 is 15.5 Å². The number of hydrogen-bond acceptors (Lipinski definition) is 5. The topological polar surface area (TPSA) is 116 Å². The van der Waals surface area contributed by atoms with E-state index in [-0.39, 0.29) is 45.7 Å². The van der Waals surface area contributed by atoms with Crippen molar-refractivity contribution in [3.8, 4) is 0 Å². The normalized spacial score (nSPS) is 40.9. The number of hydrogen-bond donors (Lipinski definition) is 4. The largest absolute Gasteiger partial charge is 0.393 e. The Morgan fingerprint density at radius 1 is 0.911 bits per heavy atom. The molecule has 0 saturated heterocycles. The summed E-state index contributed by atoms with van der Waals surface area (Å²) in [5.41, 5.74) is 1.44. The summed E-state index contributed by atoms with van der Waals surface area (Å²) in [4.78, 5) is 13.0. The molecule has 1 aromatic rings. The van der Waals surface area contributed by atoms with Crippen LogP contribution in [0.3, 0.4) is 0 Å². The zero-order chi connectivity index (χ0) is 32.1. The first-order valence-corrected chi connectivity index (χ1v) is 19.6. The summed E-state index contributed by atoms with van der Waals surface area (Å²) < 4.78 is 28.3. The maximum Gasteiger partial charge on any atom is 0.328 e. The maximum absolute atomic E-state index is 13.0. The predicted octanol–water partition coefficient (Wildman–Crippen LogP) is 6.99. The molecular formula is C37H58N2O5S. The lowest BCUT2D eigenvalue weighted by molar-refractivity contribution is -0.203. The summed E-state index contributed by atoms with van der Waals surface area (Å²) in [6.45, 7) is 9.71. The summed E-state index contributed by atoms with van der Waals surface area (Å²) in [6.07, 6.45) is 13.6. The molecule has 7 nitrogen and oxygen atoms in total. The fourth-order valence-corrected chi connectivity index (χ4v) is 12.8. The first-order valence-electron chi connectivity index (χ1n) is 18.2. The lowest BCUT2D eigenvalue weighted by Crippen LogP contribution is -2.62. The van der Waals surface area contributed by atoms with Gasteiger partial charge in [-0.3, -0.25) is 0 Å². The van der Waals surface area contributed by atoms with Gasteiger partial charge in [-0.25, -0.2) is 17.9 Å². The van der Waals surface area contributed by atoms with Gasteiger partial charge in [-0.05, 0) is 134 Å². The highest BCUT2D eigenvalue weighted by Gasteiger charge is 2.64. The lowest BCUT2D eigenvalue weighted by Gasteiger charge is -2.64. The van der Waals surface area contributed by atoms with Gasteiger partial charge in [-0.2, -0.15) is 0 Å². The van der Waals surface area contributed by atoms with E-state index in [9.17, 15) is 23.4 Å². The Balaban J connectivity index is 1.08. The van der Waals surface area contributed by atoms with Crippen LogP contribution in [0, 0.1) is 52.3 Å². The minimum atomic E-state index is -3.96. The third kappa shape index (κ3) is 5.99. The van der Waals surface area contributed by atoms with Crippen LogP contribution in [-0.2, 0) is 10.0 Å². The molecule has 0 bridgehead atoms. The van der Waals surface area contributed by atoms with Crippen molar-refractivity contribution in [3.63, 3.8) is 0 Å². The van der Waals surface area contributed by atoms with Crippen molar-refractivity contribution in [1.29, 1.82) is 0 Å². The number of nitrogens with one attached hydrogen (secondary N) is 2. The van der Waals surface area contributed by atoms with Crippen LogP contribution in [0.1, 0.15) is 123 Å². The molecule has 0 radical (unpaired) electrons. The van der Waals surface area contributed by atoms with E-state index in [1.54, 1.807) is 12.1 Å². The molecule has 1 aromatic carbocycles. The Morgan fingerprint density at radius 3 is 2.27 bits per heavy atom. The molecule has 45 heavy (non-hydrogen) atoms. The van der Waals surface area contributed by atoms with E-state index in [0.29, 0.717) is 36.1 Å². The van der Waals surface area contributed by atoms with Gasteiger partial charge in [0.2, 0.25) is 0 Å². The number of rotatable bonds is 7. The monoisotopic (exact) mass is 642 g/mol. The Hall–Kier alpha value is -1.64. The molecule has 0 aliphatic heterocycles. The van der Waals surface area contributed by atoms with Gasteiger partial charge in [-0.1, -0.05) is 65.5 Å². The summed E-state index contributed by atoms with van der Waals surface area (Å²) in [6, 6.07) is 6.38. The molecule has 0 spiro atoms. The highest BCUT2D eigenvalue weighted by atomic mass is 32.2. The van der Waals surface area contributed by atoms with Gasteiger partial charge in [0.1, 0.15) is 0 Å². The van der Waals surface area contributed by atoms with Crippen LogP contribution in [0.5, 0.6) is 0 Å². The predicted molar refractivity (Wildman–Crippen MR) is 177 cm³/mol. The Morgan fingerprint density at radius 2 is 1.58 bits per heavy atom. The van der Waals surface area contributed by atoms with Crippen molar-refractivity contribution in [2.75, 3.05) is 6.54 Å². The molecule has 252 valence electrons. The van der Waals surface area contributed by atoms with Crippen molar-refractivity contribution < 1.29 is 23.4 Å². The van der Waals surface area contributed by atoms with Crippen LogP contribution in [0.2, 0.25) is 0 Å². The van der Waals surface area contributed by atoms with Gasteiger partial charge >= 0.3 is 6.03 Å². The molecule has 5 aliphatic rings. The quantitative estimate of drug-likeness (QED) is 0.256. The zero-order valence-corrected chi connectivity index (χ0v) is 28.8.